The SMILES string of the molecule is CC1CC(C)N(C(=O)C(S)Cc2ccccc2)C1. The molecule has 0 bridgehead atoms. The summed E-state index contributed by atoms with van der Waals surface area (Å²) < 4.78 is 0. The Balaban J connectivity index is 1.97. The highest BCUT2D eigenvalue weighted by Crippen LogP contribution is 2.24. The zero-order valence-electron chi connectivity index (χ0n) is 11.0. The fourth-order valence-electron chi connectivity index (χ4n) is 2.72. The van der Waals surface area contributed by atoms with Crippen LogP contribution in [0.1, 0.15) is 25.8 Å². The lowest BCUT2D eigenvalue weighted by Crippen LogP contribution is -2.40. The van der Waals surface area contributed by atoms with Gasteiger partial charge in [0.2, 0.25) is 5.91 Å². The average Bonchev–Trinajstić information content (AvgIpc) is 2.68. The molecule has 3 unspecified atom stereocenters. The molecule has 3 heteroatoms. The Morgan fingerprint density at radius 3 is 2.61 bits per heavy atom. The summed E-state index contributed by atoms with van der Waals surface area (Å²) in [4.78, 5) is 14.3. The van der Waals surface area contributed by atoms with Crippen molar-refractivity contribution >= 4 is 18.5 Å². The summed E-state index contributed by atoms with van der Waals surface area (Å²) in [5.74, 6) is 0.792. The molecule has 98 valence electrons. The molecule has 1 amide bonds. The molecule has 1 fully saturated rings. The first-order valence-corrected chi connectivity index (χ1v) is 7.12. The highest BCUT2D eigenvalue weighted by atomic mass is 32.1. The zero-order chi connectivity index (χ0) is 13.1. The Morgan fingerprint density at radius 2 is 2.06 bits per heavy atom. The monoisotopic (exact) mass is 263 g/mol. The van der Waals surface area contributed by atoms with Gasteiger partial charge in [0, 0.05) is 12.6 Å². The molecular formula is C15H21NOS. The first-order chi connectivity index (χ1) is 8.58. The quantitative estimate of drug-likeness (QED) is 0.832. The highest BCUT2D eigenvalue weighted by Gasteiger charge is 2.32. The fraction of sp³-hybridized carbons (Fsp3) is 0.533. The molecule has 0 aromatic heterocycles. The molecule has 0 spiro atoms. The van der Waals surface area contributed by atoms with Crippen molar-refractivity contribution in [1.29, 1.82) is 0 Å². The van der Waals surface area contributed by atoms with Crippen molar-refractivity contribution in [1.82, 2.24) is 4.90 Å². The minimum atomic E-state index is -0.222. The number of nitrogens with zero attached hydrogens (tertiary/aromatic N) is 1. The predicted molar refractivity (Wildman–Crippen MR) is 77.9 cm³/mol. The molecule has 1 saturated heterocycles. The highest BCUT2D eigenvalue weighted by molar-refractivity contribution is 7.81. The van der Waals surface area contributed by atoms with E-state index in [1.165, 1.54) is 5.56 Å². The third-order valence-corrected chi connectivity index (χ3v) is 4.03. The van der Waals surface area contributed by atoms with Crippen LogP contribution in [0, 0.1) is 5.92 Å². The van der Waals surface area contributed by atoms with Crippen molar-refractivity contribution in [3.05, 3.63) is 35.9 Å². The zero-order valence-corrected chi connectivity index (χ0v) is 11.9. The Bertz CT molecular complexity index is 406. The van der Waals surface area contributed by atoms with Crippen molar-refractivity contribution < 1.29 is 4.79 Å². The molecule has 1 aromatic carbocycles. The summed E-state index contributed by atoms with van der Waals surface area (Å²) in [5.41, 5.74) is 1.17. The van der Waals surface area contributed by atoms with Crippen LogP contribution in [-0.4, -0.2) is 28.6 Å². The van der Waals surface area contributed by atoms with E-state index < -0.39 is 0 Å². The van der Waals surface area contributed by atoms with Gasteiger partial charge >= 0.3 is 0 Å². The van der Waals surface area contributed by atoms with Crippen molar-refractivity contribution in [2.45, 2.75) is 38.0 Å². The van der Waals surface area contributed by atoms with E-state index in [0.29, 0.717) is 18.4 Å². The summed E-state index contributed by atoms with van der Waals surface area (Å²) in [7, 11) is 0. The Kier molecular flexibility index (Phi) is 4.33. The second-order valence-corrected chi connectivity index (χ2v) is 6.01. The van der Waals surface area contributed by atoms with Gasteiger partial charge in [-0.05, 0) is 31.2 Å². The normalized spacial score (nSPS) is 25.2. The second kappa shape index (κ2) is 5.79. The number of carbonyl (C=O) groups is 1. The number of likely N-dealkylation sites (tertiary alicyclic amines) is 1. The number of thiol groups is 1. The summed E-state index contributed by atoms with van der Waals surface area (Å²) in [5, 5.41) is -0.222. The van der Waals surface area contributed by atoms with E-state index in [1.807, 2.05) is 35.2 Å². The van der Waals surface area contributed by atoms with Gasteiger partial charge < -0.3 is 4.90 Å². The molecule has 0 radical (unpaired) electrons. The van der Waals surface area contributed by atoms with Crippen LogP contribution in [0.25, 0.3) is 0 Å². The molecule has 3 atom stereocenters. The molecular weight excluding hydrogens is 242 g/mol. The third kappa shape index (κ3) is 3.08. The lowest BCUT2D eigenvalue weighted by Gasteiger charge is -2.24. The number of hydrogen-bond acceptors (Lipinski definition) is 2. The summed E-state index contributed by atoms with van der Waals surface area (Å²) >= 11 is 4.49. The van der Waals surface area contributed by atoms with Gasteiger partial charge in [-0.2, -0.15) is 12.6 Å². The lowest BCUT2D eigenvalue weighted by molar-refractivity contribution is -0.131. The maximum Gasteiger partial charge on any atom is 0.236 e. The van der Waals surface area contributed by atoms with Gasteiger partial charge in [0.05, 0.1) is 5.25 Å². The largest absolute Gasteiger partial charge is 0.339 e. The number of hydrogen-bond donors (Lipinski definition) is 1. The van der Waals surface area contributed by atoms with E-state index in [2.05, 4.69) is 26.5 Å². The smallest absolute Gasteiger partial charge is 0.236 e. The van der Waals surface area contributed by atoms with Gasteiger partial charge in [0.15, 0.2) is 0 Å². The predicted octanol–water partition coefficient (Wildman–Crippen LogP) is 2.78. The molecule has 18 heavy (non-hydrogen) atoms. The summed E-state index contributed by atoms with van der Waals surface area (Å²) in [6, 6.07) is 10.4. The van der Waals surface area contributed by atoms with Gasteiger partial charge in [-0.15, -0.1) is 0 Å². The molecule has 0 aliphatic carbocycles. The van der Waals surface area contributed by atoms with Crippen LogP contribution in [-0.2, 0) is 11.2 Å². The van der Waals surface area contributed by atoms with Gasteiger partial charge in [-0.3, -0.25) is 4.79 Å². The molecule has 1 aliphatic heterocycles. The minimum absolute atomic E-state index is 0.180. The first kappa shape index (κ1) is 13.5. The van der Waals surface area contributed by atoms with Crippen LogP contribution in [0.2, 0.25) is 0 Å². The van der Waals surface area contributed by atoms with E-state index in [4.69, 9.17) is 0 Å². The van der Waals surface area contributed by atoms with E-state index in [1.54, 1.807) is 0 Å². The van der Waals surface area contributed by atoms with Crippen LogP contribution in [0.3, 0.4) is 0 Å². The maximum absolute atomic E-state index is 12.4. The van der Waals surface area contributed by atoms with Crippen molar-refractivity contribution in [2.75, 3.05) is 6.54 Å². The van der Waals surface area contributed by atoms with Gasteiger partial charge in [0.25, 0.3) is 0 Å². The minimum Gasteiger partial charge on any atom is -0.339 e. The fourth-order valence-corrected chi connectivity index (χ4v) is 3.08. The van der Waals surface area contributed by atoms with Crippen LogP contribution >= 0.6 is 12.6 Å². The van der Waals surface area contributed by atoms with Crippen LogP contribution in [0.5, 0.6) is 0 Å². The maximum atomic E-state index is 12.4. The number of amides is 1. The van der Waals surface area contributed by atoms with E-state index in [0.717, 1.165) is 13.0 Å². The summed E-state index contributed by atoms with van der Waals surface area (Å²) in [6.07, 6.45) is 1.82. The Hall–Kier alpha value is -0.960. The molecule has 1 aromatic rings. The van der Waals surface area contributed by atoms with Crippen LogP contribution < -0.4 is 0 Å². The molecule has 0 saturated carbocycles. The Morgan fingerprint density at radius 1 is 1.39 bits per heavy atom. The number of carbonyl (C=O) groups excluding carboxylic acids is 1. The topological polar surface area (TPSA) is 20.3 Å². The molecule has 2 nitrogen and oxygen atoms in total. The summed E-state index contributed by atoms with van der Waals surface area (Å²) in [6.45, 7) is 5.21. The van der Waals surface area contributed by atoms with Crippen molar-refractivity contribution in [3.63, 3.8) is 0 Å². The average molecular weight is 263 g/mol. The first-order valence-electron chi connectivity index (χ1n) is 6.60. The van der Waals surface area contributed by atoms with E-state index >= 15 is 0 Å². The van der Waals surface area contributed by atoms with Crippen LogP contribution in [0.15, 0.2) is 30.3 Å². The molecule has 2 rings (SSSR count). The molecule has 1 heterocycles. The van der Waals surface area contributed by atoms with Crippen LogP contribution in [0.4, 0.5) is 0 Å². The number of rotatable bonds is 3. The van der Waals surface area contributed by atoms with Gasteiger partial charge in [-0.1, -0.05) is 37.3 Å². The second-order valence-electron chi connectivity index (χ2n) is 5.39. The molecule has 0 N–H and O–H groups in total. The standard InChI is InChI=1S/C15H21NOS/c1-11-8-12(2)16(10-11)15(17)14(18)9-13-6-4-3-5-7-13/h3-7,11-12,14,18H,8-10H2,1-2H3. The van der Waals surface area contributed by atoms with Gasteiger partial charge in [-0.25, -0.2) is 0 Å². The van der Waals surface area contributed by atoms with Gasteiger partial charge in [0.1, 0.15) is 0 Å². The Labute approximate surface area is 115 Å². The molecule has 1 aliphatic rings. The van der Waals surface area contributed by atoms with Crippen molar-refractivity contribution in [2.24, 2.45) is 5.92 Å². The van der Waals surface area contributed by atoms with E-state index in [9.17, 15) is 4.79 Å². The third-order valence-electron chi connectivity index (χ3n) is 3.62. The van der Waals surface area contributed by atoms with E-state index in [-0.39, 0.29) is 11.2 Å². The lowest BCUT2D eigenvalue weighted by atomic mass is 10.1. The number of benzene rings is 1. The van der Waals surface area contributed by atoms with Crippen molar-refractivity contribution in [3.8, 4) is 0 Å².